The van der Waals surface area contributed by atoms with Crippen molar-refractivity contribution in [2.45, 2.75) is 12.6 Å². The first-order chi connectivity index (χ1) is 11.9. The van der Waals surface area contributed by atoms with Gasteiger partial charge in [-0.25, -0.2) is 4.98 Å². The van der Waals surface area contributed by atoms with Crippen molar-refractivity contribution in [1.29, 1.82) is 0 Å². The van der Waals surface area contributed by atoms with Gasteiger partial charge in [-0.15, -0.1) is 0 Å². The van der Waals surface area contributed by atoms with Crippen molar-refractivity contribution >= 4 is 22.7 Å². The lowest BCUT2D eigenvalue weighted by atomic mass is 9.98. The molecule has 1 saturated heterocycles. The van der Waals surface area contributed by atoms with Gasteiger partial charge >= 0.3 is 0 Å². The third-order valence-corrected chi connectivity index (χ3v) is 4.81. The second-order valence-electron chi connectivity index (χ2n) is 6.32. The molecular formula is C21H18N2O. The molecule has 118 valence electrons. The highest BCUT2D eigenvalue weighted by Gasteiger charge is 2.33. The molecule has 3 aromatic rings. The van der Waals surface area contributed by atoms with Gasteiger partial charge in [-0.3, -0.25) is 0 Å². The van der Waals surface area contributed by atoms with E-state index in [-0.39, 0.29) is 6.23 Å². The van der Waals surface area contributed by atoms with Crippen molar-refractivity contribution in [1.82, 2.24) is 9.88 Å². The summed E-state index contributed by atoms with van der Waals surface area (Å²) in [6, 6.07) is 21.0. The number of nitrogens with zero attached hydrogens (tertiary/aromatic N) is 2. The summed E-state index contributed by atoms with van der Waals surface area (Å²) < 4.78 is 6.15. The molecule has 0 aliphatic carbocycles. The Hall–Kier alpha value is -2.65. The van der Waals surface area contributed by atoms with Crippen LogP contribution >= 0.6 is 0 Å². The van der Waals surface area contributed by atoms with E-state index in [0.717, 1.165) is 30.8 Å². The highest BCUT2D eigenvalue weighted by molar-refractivity contribution is 5.87. The minimum absolute atomic E-state index is 0.0361. The Labute approximate surface area is 141 Å². The summed E-state index contributed by atoms with van der Waals surface area (Å²) in [6.07, 6.45) is 3.23. The molecule has 0 radical (unpaired) electrons. The number of benzene rings is 2. The lowest BCUT2D eigenvalue weighted by molar-refractivity contribution is -0.0702. The zero-order valence-electron chi connectivity index (χ0n) is 13.4. The summed E-state index contributed by atoms with van der Waals surface area (Å²) in [6.45, 7) is 1.81. The Bertz CT molecular complexity index is 933. The zero-order valence-corrected chi connectivity index (χ0v) is 13.4. The summed E-state index contributed by atoms with van der Waals surface area (Å²) >= 11 is 0. The molecule has 0 spiro atoms. The van der Waals surface area contributed by atoms with Crippen molar-refractivity contribution in [3.63, 3.8) is 0 Å². The molecule has 1 aromatic heterocycles. The van der Waals surface area contributed by atoms with Crippen molar-refractivity contribution in [3.05, 3.63) is 77.5 Å². The molecule has 0 bridgehead atoms. The topological polar surface area (TPSA) is 25.4 Å². The van der Waals surface area contributed by atoms with E-state index in [1.807, 2.05) is 6.07 Å². The number of para-hydroxylation sites is 1. The Morgan fingerprint density at radius 2 is 1.83 bits per heavy atom. The van der Waals surface area contributed by atoms with Gasteiger partial charge in [-0.05, 0) is 30.2 Å². The fourth-order valence-electron chi connectivity index (χ4n) is 3.67. The summed E-state index contributed by atoms with van der Waals surface area (Å²) in [4.78, 5) is 7.27. The van der Waals surface area contributed by atoms with E-state index in [1.165, 1.54) is 22.2 Å². The van der Waals surface area contributed by atoms with E-state index in [9.17, 15) is 0 Å². The van der Waals surface area contributed by atoms with Gasteiger partial charge in [0.2, 0.25) is 0 Å². The summed E-state index contributed by atoms with van der Waals surface area (Å²) in [5, 5.41) is 1.17. The highest BCUT2D eigenvalue weighted by Crippen LogP contribution is 2.41. The van der Waals surface area contributed by atoms with E-state index >= 15 is 0 Å². The fraction of sp³-hybridized carbons (Fsp3) is 0.190. The van der Waals surface area contributed by atoms with Crippen LogP contribution in [0.5, 0.6) is 0 Å². The SMILES string of the molecule is C1=C(c2ccccc2)N2CCCOC2c2cc3ccccc3nc21. The second kappa shape index (κ2) is 5.46. The molecule has 0 saturated carbocycles. The quantitative estimate of drug-likeness (QED) is 0.663. The summed E-state index contributed by atoms with van der Waals surface area (Å²) in [5.74, 6) is 0. The minimum atomic E-state index is -0.0361. The highest BCUT2D eigenvalue weighted by atomic mass is 16.5. The first kappa shape index (κ1) is 13.8. The predicted molar refractivity (Wildman–Crippen MR) is 96.1 cm³/mol. The monoisotopic (exact) mass is 314 g/mol. The van der Waals surface area contributed by atoms with E-state index in [1.54, 1.807) is 0 Å². The Morgan fingerprint density at radius 1 is 1.00 bits per heavy atom. The van der Waals surface area contributed by atoms with Crippen LogP contribution in [0.25, 0.3) is 22.7 Å². The summed E-state index contributed by atoms with van der Waals surface area (Å²) in [7, 11) is 0. The van der Waals surface area contributed by atoms with Gasteiger partial charge in [0.25, 0.3) is 0 Å². The van der Waals surface area contributed by atoms with Crippen molar-refractivity contribution in [3.8, 4) is 0 Å². The molecule has 24 heavy (non-hydrogen) atoms. The number of ether oxygens (including phenoxy) is 1. The molecule has 1 fully saturated rings. The molecule has 0 N–H and O–H groups in total. The second-order valence-corrected chi connectivity index (χ2v) is 6.32. The van der Waals surface area contributed by atoms with Gasteiger partial charge in [0.05, 0.1) is 17.8 Å². The van der Waals surface area contributed by atoms with Gasteiger partial charge in [-0.1, -0.05) is 48.5 Å². The smallest absolute Gasteiger partial charge is 0.158 e. The molecule has 5 rings (SSSR count). The molecule has 3 nitrogen and oxygen atoms in total. The molecule has 2 aliphatic rings. The van der Waals surface area contributed by atoms with Gasteiger partial charge in [0, 0.05) is 23.2 Å². The van der Waals surface area contributed by atoms with Crippen LogP contribution in [0.15, 0.2) is 60.7 Å². The number of rotatable bonds is 1. The van der Waals surface area contributed by atoms with E-state index in [0.29, 0.717) is 0 Å². The van der Waals surface area contributed by atoms with E-state index in [2.05, 4.69) is 65.6 Å². The van der Waals surface area contributed by atoms with Crippen LogP contribution in [0, 0.1) is 0 Å². The number of fused-ring (bicyclic) bond motifs is 4. The number of hydrogen-bond acceptors (Lipinski definition) is 3. The van der Waals surface area contributed by atoms with Gasteiger partial charge in [0.1, 0.15) is 0 Å². The maximum Gasteiger partial charge on any atom is 0.158 e. The van der Waals surface area contributed by atoms with Crippen LogP contribution in [0.3, 0.4) is 0 Å². The average Bonchev–Trinajstić information content (AvgIpc) is 2.66. The Balaban J connectivity index is 1.74. The lowest BCUT2D eigenvalue weighted by Crippen LogP contribution is -2.37. The molecule has 1 atom stereocenters. The lowest BCUT2D eigenvalue weighted by Gasteiger charge is -2.42. The molecule has 2 aromatic carbocycles. The fourth-order valence-corrected chi connectivity index (χ4v) is 3.67. The first-order valence-electron chi connectivity index (χ1n) is 8.45. The maximum absolute atomic E-state index is 6.15. The number of hydrogen-bond donors (Lipinski definition) is 0. The third-order valence-electron chi connectivity index (χ3n) is 4.81. The van der Waals surface area contributed by atoms with Gasteiger partial charge < -0.3 is 9.64 Å². The van der Waals surface area contributed by atoms with Crippen LogP contribution < -0.4 is 0 Å². The molecule has 0 amide bonds. The largest absolute Gasteiger partial charge is 0.354 e. The zero-order chi connectivity index (χ0) is 15.9. The van der Waals surface area contributed by atoms with E-state index < -0.39 is 0 Å². The Morgan fingerprint density at radius 3 is 2.75 bits per heavy atom. The van der Waals surface area contributed by atoms with Crippen LogP contribution in [0.2, 0.25) is 0 Å². The van der Waals surface area contributed by atoms with Gasteiger partial charge in [0.15, 0.2) is 6.23 Å². The average molecular weight is 314 g/mol. The van der Waals surface area contributed by atoms with E-state index in [4.69, 9.17) is 9.72 Å². The number of aromatic nitrogens is 1. The third kappa shape index (κ3) is 2.13. The molecule has 2 aliphatic heterocycles. The maximum atomic E-state index is 6.15. The van der Waals surface area contributed by atoms with Crippen molar-refractivity contribution < 1.29 is 4.74 Å². The predicted octanol–water partition coefficient (Wildman–Crippen LogP) is 4.47. The normalized spacial score (nSPS) is 19.6. The first-order valence-corrected chi connectivity index (χ1v) is 8.45. The Kier molecular flexibility index (Phi) is 3.13. The number of pyridine rings is 1. The molecule has 1 unspecified atom stereocenters. The molecule has 3 heteroatoms. The summed E-state index contributed by atoms with van der Waals surface area (Å²) in [5.41, 5.74) is 5.65. The van der Waals surface area contributed by atoms with Crippen LogP contribution in [-0.4, -0.2) is 23.0 Å². The van der Waals surface area contributed by atoms with Crippen molar-refractivity contribution in [2.24, 2.45) is 0 Å². The van der Waals surface area contributed by atoms with Crippen LogP contribution in [0.4, 0.5) is 0 Å². The van der Waals surface area contributed by atoms with Crippen LogP contribution in [0.1, 0.15) is 29.5 Å². The van der Waals surface area contributed by atoms with Gasteiger partial charge in [-0.2, -0.15) is 0 Å². The molecular weight excluding hydrogens is 296 g/mol. The molecule has 3 heterocycles. The van der Waals surface area contributed by atoms with Crippen LogP contribution in [-0.2, 0) is 4.74 Å². The minimum Gasteiger partial charge on any atom is -0.354 e. The standard InChI is InChI=1S/C21H18N2O/c1-2-7-15(8-3-1)20-14-19-17(21-23(20)11-6-12-24-21)13-16-9-4-5-10-18(16)22-19/h1-5,7-10,13-14,21H,6,11-12H2. The van der Waals surface area contributed by atoms with Crippen molar-refractivity contribution in [2.75, 3.05) is 13.2 Å².